The van der Waals surface area contributed by atoms with Crippen LogP contribution in [0.15, 0.2) is 22.7 Å². The van der Waals surface area contributed by atoms with Crippen molar-refractivity contribution in [3.05, 3.63) is 31.8 Å². The van der Waals surface area contributed by atoms with Crippen LogP contribution in [0.4, 0.5) is 0 Å². The lowest BCUT2D eigenvalue weighted by atomic mass is 10.2. The lowest BCUT2D eigenvalue weighted by molar-refractivity contribution is 0.0955. The molecule has 0 aromatic heterocycles. The third-order valence-electron chi connectivity index (χ3n) is 1.35. The van der Waals surface area contributed by atoms with Gasteiger partial charge in [0.15, 0.2) is 0 Å². The molecule has 13 heavy (non-hydrogen) atoms. The zero-order chi connectivity index (χ0) is 14.1. The lowest BCUT2D eigenvalue weighted by Crippen LogP contribution is -2.23. The standard InChI is InChI=1S/C9H9BrINO/c1-2-12-9(13)7-5-6(11)3-4-8(7)10/h3-5H,2H2,1H3,(H,12,13)/i1D3,2D2. The zero-order valence-corrected chi connectivity index (χ0v) is 10.1. The molecule has 0 spiro atoms. The van der Waals surface area contributed by atoms with Gasteiger partial charge in [-0.2, -0.15) is 0 Å². The molecule has 1 aromatic carbocycles. The molecule has 1 N–H and O–H groups in total. The summed E-state index contributed by atoms with van der Waals surface area (Å²) in [5, 5.41) is 1.88. The molecule has 1 amide bonds. The summed E-state index contributed by atoms with van der Waals surface area (Å²) in [4.78, 5) is 11.8. The van der Waals surface area contributed by atoms with Crippen molar-refractivity contribution < 1.29 is 11.6 Å². The molecule has 1 rings (SSSR count). The van der Waals surface area contributed by atoms with E-state index in [1.54, 1.807) is 12.1 Å². The molecule has 0 aliphatic rings. The summed E-state index contributed by atoms with van der Waals surface area (Å²) in [6.07, 6.45) is 0. The molecule has 0 fully saturated rings. The van der Waals surface area contributed by atoms with Gasteiger partial charge < -0.3 is 5.32 Å². The van der Waals surface area contributed by atoms with E-state index in [4.69, 9.17) is 6.85 Å². The number of halogens is 2. The smallest absolute Gasteiger partial charge is 0.252 e. The Morgan fingerprint density at radius 1 is 1.85 bits per heavy atom. The van der Waals surface area contributed by atoms with E-state index in [1.165, 1.54) is 6.07 Å². The Hall–Kier alpha value is -0.100. The Labute approximate surface area is 106 Å². The summed E-state index contributed by atoms with van der Waals surface area (Å²) in [5.41, 5.74) is 0.190. The fourth-order valence-corrected chi connectivity index (χ4v) is 1.71. The van der Waals surface area contributed by atoms with Crippen molar-refractivity contribution in [3.8, 4) is 0 Å². The van der Waals surface area contributed by atoms with Crippen LogP contribution < -0.4 is 5.32 Å². The average molecular weight is 359 g/mol. The average Bonchev–Trinajstić information content (AvgIpc) is 2.19. The normalized spacial score (nSPS) is 17.5. The molecule has 0 atom stereocenters. The van der Waals surface area contributed by atoms with Gasteiger partial charge in [0, 0.05) is 21.4 Å². The first-order valence-corrected chi connectivity index (χ1v) is 5.19. The highest BCUT2D eigenvalue weighted by Crippen LogP contribution is 2.19. The Bertz CT molecular complexity index is 477. The first-order chi connectivity index (χ1) is 8.04. The maximum atomic E-state index is 11.8. The minimum absolute atomic E-state index is 0.190. The number of carbonyl (C=O) groups excluding carboxylic acids is 1. The van der Waals surface area contributed by atoms with Crippen LogP contribution in [0.2, 0.25) is 0 Å². The molecule has 0 saturated heterocycles. The molecule has 70 valence electrons. The predicted molar refractivity (Wildman–Crippen MR) is 64.9 cm³/mol. The van der Waals surface area contributed by atoms with Crippen molar-refractivity contribution >= 4 is 44.4 Å². The van der Waals surface area contributed by atoms with Crippen molar-refractivity contribution in [2.45, 2.75) is 6.85 Å². The molecular weight excluding hydrogens is 345 g/mol. The fraction of sp³-hybridized carbons (Fsp3) is 0.222. The monoisotopic (exact) mass is 358 g/mol. The molecule has 1 aromatic rings. The summed E-state index contributed by atoms with van der Waals surface area (Å²) in [6, 6.07) is 4.94. The molecule has 0 saturated carbocycles. The number of carbonyl (C=O) groups is 1. The van der Waals surface area contributed by atoms with Gasteiger partial charge in [-0.15, -0.1) is 0 Å². The Morgan fingerprint density at radius 3 is 3.31 bits per heavy atom. The maximum absolute atomic E-state index is 11.8. The Balaban J connectivity index is 3.00. The van der Waals surface area contributed by atoms with Gasteiger partial charge in [0.1, 0.15) is 0 Å². The summed E-state index contributed by atoms with van der Waals surface area (Å²) in [7, 11) is 0. The Morgan fingerprint density at radius 2 is 2.62 bits per heavy atom. The number of hydrogen-bond donors (Lipinski definition) is 1. The summed E-state index contributed by atoms with van der Waals surface area (Å²) in [5.74, 6) is -0.776. The number of nitrogens with one attached hydrogen (secondary N) is 1. The molecule has 0 heterocycles. The number of rotatable bonds is 2. The van der Waals surface area contributed by atoms with Crippen molar-refractivity contribution in [2.75, 3.05) is 6.50 Å². The van der Waals surface area contributed by atoms with Gasteiger partial charge in [-0.3, -0.25) is 4.79 Å². The largest absolute Gasteiger partial charge is 0.352 e. The van der Waals surface area contributed by atoms with E-state index in [9.17, 15) is 4.79 Å². The van der Waals surface area contributed by atoms with Gasteiger partial charge in [0.2, 0.25) is 0 Å². The molecular formula is C9H9BrINO. The quantitative estimate of drug-likeness (QED) is 0.809. The Kier molecular flexibility index (Phi) is 2.17. The van der Waals surface area contributed by atoms with Crippen LogP contribution in [0.1, 0.15) is 24.1 Å². The van der Waals surface area contributed by atoms with Crippen molar-refractivity contribution in [1.29, 1.82) is 0 Å². The lowest BCUT2D eigenvalue weighted by Gasteiger charge is -2.04. The molecule has 0 aliphatic heterocycles. The SMILES string of the molecule is [2H]C([2H])([2H])C([2H])([2H])NC(=O)c1cc(I)ccc1Br. The highest BCUT2D eigenvalue weighted by atomic mass is 127. The van der Waals surface area contributed by atoms with E-state index in [0.29, 0.717) is 4.47 Å². The summed E-state index contributed by atoms with van der Waals surface area (Å²) >= 11 is 5.16. The second-order valence-electron chi connectivity index (χ2n) is 2.20. The van der Waals surface area contributed by atoms with Crippen molar-refractivity contribution in [1.82, 2.24) is 5.32 Å². The van der Waals surface area contributed by atoms with Gasteiger partial charge in [0.05, 0.1) is 5.56 Å². The summed E-state index contributed by atoms with van der Waals surface area (Å²) < 4.78 is 37.0. The third-order valence-corrected chi connectivity index (χ3v) is 2.71. The van der Waals surface area contributed by atoms with E-state index >= 15 is 0 Å². The van der Waals surface area contributed by atoms with Crippen LogP contribution >= 0.6 is 38.5 Å². The van der Waals surface area contributed by atoms with E-state index in [2.05, 4.69) is 15.9 Å². The highest BCUT2D eigenvalue weighted by Gasteiger charge is 2.08. The first-order valence-electron chi connectivity index (χ1n) is 5.82. The van der Waals surface area contributed by atoms with Crippen LogP contribution in [-0.2, 0) is 0 Å². The van der Waals surface area contributed by atoms with E-state index < -0.39 is 19.3 Å². The van der Waals surface area contributed by atoms with E-state index in [0.717, 1.165) is 3.57 Å². The fourth-order valence-electron chi connectivity index (χ4n) is 0.796. The van der Waals surface area contributed by atoms with Crippen LogP contribution in [0.5, 0.6) is 0 Å². The number of benzene rings is 1. The van der Waals surface area contributed by atoms with Crippen LogP contribution in [-0.4, -0.2) is 12.4 Å². The van der Waals surface area contributed by atoms with Crippen LogP contribution in [0.25, 0.3) is 0 Å². The minimum atomic E-state index is -2.92. The van der Waals surface area contributed by atoms with Gasteiger partial charge in [0.25, 0.3) is 5.91 Å². The van der Waals surface area contributed by atoms with E-state index in [-0.39, 0.29) is 5.56 Å². The number of amides is 1. The number of hydrogen-bond acceptors (Lipinski definition) is 1. The molecule has 0 radical (unpaired) electrons. The molecule has 0 unspecified atom stereocenters. The molecule has 4 heteroatoms. The topological polar surface area (TPSA) is 29.1 Å². The predicted octanol–water partition coefficient (Wildman–Crippen LogP) is 2.80. The second-order valence-corrected chi connectivity index (χ2v) is 4.30. The second kappa shape index (κ2) is 4.95. The zero-order valence-electron chi connectivity index (χ0n) is 11.4. The molecule has 0 aliphatic carbocycles. The molecule has 0 bridgehead atoms. The molecule has 2 nitrogen and oxygen atoms in total. The van der Waals surface area contributed by atoms with Crippen molar-refractivity contribution in [3.63, 3.8) is 0 Å². The minimum Gasteiger partial charge on any atom is -0.352 e. The van der Waals surface area contributed by atoms with Gasteiger partial charge in [-0.25, -0.2) is 0 Å². The van der Waals surface area contributed by atoms with Gasteiger partial charge in [-0.05, 0) is 63.6 Å². The highest BCUT2D eigenvalue weighted by molar-refractivity contribution is 14.1. The van der Waals surface area contributed by atoms with Crippen LogP contribution in [0, 0.1) is 3.57 Å². The van der Waals surface area contributed by atoms with Gasteiger partial charge >= 0.3 is 0 Å². The van der Waals surface area contributed by atoms with Crippen LogP contribution in [0.3, 0.4) is 0 Å². The maximum Gasteiger partial charge on any atom is 0.252 e. The third kappa shape index (κ3) is 2.95. The van der Waals surface area contributed by atoms with E-state index in [1.807, 2.05) is 27.9 Å². The van der Waals surface area contributed by atoms with Crippen molar-refractivity contribution in [2.24, 2.45) is 0 Å². The van der Waals surface area contributed by atoms with Gasteiger partial charge in [-0.1, -0.05) is 0 Å². The first kappa shape index (κ1) is 5.70. The summed E-state index contributed by atoms with van der Waals surface area (Å²) in [6.45, 7) is -5.69.